The van der Waals surface area contributed by atoms with Gasteiger partial charge in [-0.15, -0.1) is 0 Å². The molecule has 1 aliphatic carbocycles. The minimum Gasteiger partial charge on any atom is -0.301 e. The number of hydrogen-bond donors (Lipinski definition) is 1. The normalized spacial score (nSPS) is 22.7. The Bertz CT molecular complexity index is 652. The molecule has 0 unspecified atom stereocenters. The van der Waals surface area contributed by atoms with Gasteiger partial charge in [-0.1, -0.05) is 0 Å². The van der Waals surface area contributed by atoms with E-state index in [0.717, 1.165) is 18.7 Å². The minimum atomic E-state index is -4.25. The summed E-state index contributed by atoms with van der Waals surface area (Å²) < 4.78 is 42.9. The molecule has 0 aliphatic heterocycles. The van der Waals surface area contributed by atoms with Crippen molar-refractivity contribution in [3.8, 4) is 5.82 Å². The van der Waals surface area contributed by atoms with E-state index < -0.39 is 11.7 Å². The fourth-order valence-corrected chi connectivity index (χ4v) is 3.24. The number of alkyl halides is 3. The topological polar surface area (TPSA) is 47.7 Å². The average molecular weight is 341 g/mol. The van der Waals surface area contributed by atoms with E-state index in [-0.39, 0.29) is 12.1 Å². The van der Waals surface area contributed by atoms with Gasteiger partial charge >= 0.3 is 6.18 Å². The minimum absolute atomic E-state index is 0.120. The van der Waals surface area contributed by atoms with Crippen molar-refractivity contribution >= 4 is 0 Å². The van der Waals surface area contributed by atoms with Crippen LogP contribution in [0.3, 0.4) is 0 Å². The van der Waals surface area contributed by atoms with Crippen LogP contribution >= 0.6 is 0 Å². The molecule has 0 radical (unpaired) electrons. The van der Waals surface area contributed by atoms with E-state index in [0.29, 0.717) is 12.8 Å². The molecule has 0 aromatic carbocycles. The van der Waals surface area contributed by atoms with Crippen molar-refractivity contribution in [3.63, 3.8) is 0 Å². The fraction of sp³-hybridized carbons (Fsp3) is 0.625. The zero-order chi connectivity index (χ0) is 17.4. The lowest BCUT2D eigenvalue weighted by Crippen LogP contribution is -2.56. The van der Waals surface area contributed by atoms with Gasteiger partial charge < -0.3 is 5.32 Å². The molecular formula is C16H22F3N5. The molecule has 1 N–H and O–H groups in total. The van der Waals surface area contributed by atoms with Gasteiger partial charge in [-0.25, -0.2) is 9.67 Å². The Kier molecular flexibility index (Phi) is 4.42. The van der Waals surface area contributed by atoms with Crippen molar-refractivity contribution in [2.75, 3.05) is 0 Å². The molecule has 3 rings (SSSR count). The third-order valence-corrected chi connectivity index (χ3v) is 4.73. The average Bonchev–Trinajstić information content (AvgIpc) is 3.17. The first-order chi connectivity index (χ1) is 11.3. The van der Waals surface area contributed by atoms with Crippen molar-refractivity contribution in [2.45, 2.75) is 63.3 Å². The second-order valence-electron chi connectivity index (χ2n) is 6.88. The van der Waals surface area contributed by atoms with Gasteiger partial charge in [0.05, 0.1) is 12.2 Å². The summed E-state index contributed by atoms with van der Waals surface area (Å²) in [5.41, 5.74) is -1.86. The number of imidazole rings is 1. The quantitative estimate of drug-likeness (QED) is 0.926. The molecule has 132 valence electrons. The third-order valence-electron chi connectivity index (χ3n) is 4.73. The van der Waals surface area contributed by atoms with Crippen molar-refractivity contribution in [1.29, 1.82) is 0 Å². The number of rotatable bonds is 4. The Morgan fingerprint density at radius 1 is 1.12 bits per heavy atom. The molecule has 1 fully saturated rings. The van der Waals surface area contributed by atoms with E-state index in [9.17, 15) is 13.2 Å². The van der Waals surface area contributed by atoms with Crippen LogP contribution < -0.4 is 5.32 Å². The van der Waals surface area contributed by atoms with Crippen LogP contribution in [0.2, 0.25) is 0 Å². The molecule has 5 nitrogen and oxygen atoms in total. The molecule has 0 atom stereocenters. The zero-order valence-corrected chi connectivity index (χ0v) is 13.8. The highest BCUT2D eigenvalue weighted by Gasteiger charge is 2.48. The SMILES string of the molecule is CC(C)(N[C@H]1CC[C@H](n2nccc2-n2ccnc2)CC1)C(F)(F)F. The van der Waals surface area contributed by atoms with Crippen LogP contribution in [0.1, 0.15) is 45.6 Å². The Morgan fingerprint density at radius 2 is 1.83 bits per heavy atom. The van der Waals surface area contributed by atoms with E-state index in [2.05, 4.69) is 15.4 Å². The van der Waals surface area contributed by atoms with Gasteiger partial charge in [-0.2, -0.15) is 18.3 Å². The van der Waals surface area contributed by atoms with Crippen LogP contribution in [0.25, 0.3) is 5.82 Å². The zero-order valence-electron chi connectivity index (χ0n) is 13.8. The van der Waals surface area contributed by atoms with E-state index in [1.54, 1.807) is 18.7 Å². The van der Waals surface area contributed by atoms with Crippen LogP contribution in [0, 0.1) is 0 Å². The smallest absolute Gasteiger partial charge is 0.301 e. The molecular weight excluding hydrogens is 319 g/mol. The van der Waals surface area contributed by atoms with Crippen LogP contribution in [0.4, 0.5) is 13.2 Å². The highest BCUT2D eigenvalue weighted by Crippen LogP contribution is 2.34. The van der Waals surface area contributed by atoms with Gasteiger partial charge in [0.2, 0.25) is 0 Å². The Labute approximate surface area is 138 Å². The maximum atomic E-state index is 13.0. The maximum Gasteiger partial charge on any atom is 0.406 e. The highest BCUT2D eigenvalue weighted by molar-refractivity contribution is 5.21. The monoisotopic (exact) mass is 341 g/mol. The molecule has 0 saturated heterocycles. The molecule has 2 heterocycles. The molecule has 24 heavy (non-hydrogen) atoms. The number of hydrogen-bond acceptors (Lipinski definition) is 3. The molecule has 2 aromatic rings. The fourth-order valence-electron chi connectivity index (χ4n) is 3.24. The van der Waals surface area contributed by atoms with Gasteiger partial charge in [0.15, 0.2) is 0 Å². The van der Waals surface area contributed by atoms with Crippen LogP contribution in [-0.4, -0.2) is 37.1 Å². The van der Waals surface area contributed by atoms with Crippen molar-refractivity contribution in [1.82, 2.24) is 24.6 Å². The Morgan fingerprint density at radius 3 is 2.42 bits per heavy atom. The Hall–Kier alpha value is -1.83. The van der Waals surface area contributed by atoms with Crippen LogP contribution in [0.5, 0.6) is 0 Å². The molecule has 1 saturated carbocycles. The second kappa shape index (κ2) is 6.23. The Balaban J connectivity index is 1.63. The predicted molar refractivity (Wildman–Crippen MR) is 83.9 cm³/mol. The van der Waals surface area contributed by atoms with Gasteiger partial charge in [0, 0.05) is 24.5 Å². The second-order valence-corrected chi connectivity index (χ2v) is 6.88. The number of nitrogens with one attached hydrogen (secondary N) is 1. The van der Waals surface area contributed by atoms with E-state index in [1.807, 2.05) is 21.5 Å². The van der Waals surface area contributed by atoms with Gasteiger partial charge in [-0.3, -0.25) is 4.57 Å². The molecule has 2 aromatic heterocycles. The molecule has 1 aliphatic rings. The van der Waals surface area contributed by atoms with E-state index >= 15 is 0 Å². The summed E-state index contributed by atoms with van der Waals surface area (Å²) in [5, 5.41) is 7.18. The first-order valence-corrected chi connectivity index (χ1v) is 8.14. The van der Waals surface area contributed by atoms with Gasteiger partial charge in [-0.05, 0) is 39.5 Å². The predicted octanol–water partition coefficient (Wildman–Crippen LogP) is 3.48. The van der Waals surface area contributed by atoms with Crippen molar-refractivity contribution in [3.05, 3.63) is 31.0 Å². The lowest BCUT2D eigenvalue weighted by molar-refractivity contribution is -0.188. The summed E-state index contributed by atoms with van der Waals surface area (Å²) in [6.07, 6.45) is 5.77. The summed E-state index contributed by atoms with van der Waals surface area (Å²) in [7, 11) is 0. The van der Waals surface area contributed by atoms with E-state index in [4.69, 9.17) is 0 Å². The number of aromatic nitrogens is 4. The third kappa shape index (κ3) is 3.33. The maximum absolute atomic E-state index is 13.0. The van der Waals surface area contributed by atoms with Crippen molar-refractivity contribution in [2.24, 2.45) is 0 Å². The first-order valence-electron chi connectivity index (χ1n) is 8.14. The van der Waals surface area contributed by atoms with Crippen molar-refractivity contribution < 1.29 is 13.2 Å². The van der Waals surface area contributed by atoms with Gasteiger partial charge in [0.25, 0.3) is 0 Å². The lowest BCUT2D eigenvalue weighted by Gasteiger charge is -2.37. The summed E-state index contributed by atoms with van der Waals surface area (Å²) in [6.45, 7) is 2.40. The largest absolute Gasteiger partial charge is 0.406 e. The number of halogens is 3. The molecule has 0 amide bonds. The highest BCUT2D eigenvalue weighted by atomic mass is 19.4. The molecule has 0 spiro atoms. The lowest BCUT2D eigenvalue weighted by atomic mass is 9.89. The molecule has 0 bridgehead atoms. The first kappa shape index (κ1) is 17.0. The van der Waals surface area contributed by atoms with Crippen LogP contribution in [-0.2, 0) is 0 Å². The summed E-state index contributed by atoms with van der Waals surface area (Å²) in [6, 6.07) is 1.99. The van der Waals surface area contributed by atoms with Crippen LogP contribution in [0.15, 0.2) is 31.0 Å². The van der Waals surface area contributed by atoms with Gasteiger partial charge in [0.1, 0.15) is 17.7 Å². The number of nitrogens with zero attached hydrogens (tertiary/aromatic N) is 4. The summed E-state index contributed by atoms with van der Waals surface area (Å²) in [5.74, 6) is 0.930. The summed E-state index contributed by atoms with van der Waals surface area (Å²) >= 11 is 0. The van der Waals surface area contributed by atoms with E-state index in [1.165, 1.54) is 13.8 Å². The standard InChI is InChI=1S/C16H22F3N5/c1-15(2,16(17,18)19)22-12-3-5-13(6-4-12)24-14(7-8-21-24)23-10-9-20-11-23/h7-13,22H,3-6H2,1-2H3/t12-,13-. The summed E-state index contributed by atoms with van der Waals surface area (Å²) in [4.78, 5) is 4.05. The molecule has 8 heteroatoms.